The highest BCUT2D eigenvalue weighted by Gasteiger charge is 2.31. The third-order valence-corrected chi connectivity index (χ3v) is 6.12. The maximum atomic E-state index is 13.4. The van der Waals surface area contributed by atoms with E-state index in [4.69, 9.17) is 16.6 Å². The number of hydrogen-bond donors (Lipinski definition) is 7. The Hall–Kier alpha value is -4.29. The second-order valence-corrected chi connectivity index (χ2v) is 9.39. The van der Waals surface area contributed by atoms with Gasteiger partial charge in [-0.3, -0.25) is 19.2 Å². The van der Waals surface area contributed by atoms with Crippen LogP contribution in [0.1, 0.15) is 36.8 Å². The first-order valence-corrected chi connectivity index (χ1v) is 13.0. The minimum Gasteiger partial charge on any atom is -0.481 e. The molecule has 0 aliphatic rings. The lowest BCUT2D eigenvalue weighted by Crippen LogP contribution is -2.58. The van der Waals surface area contributed by atoms with Crippen molar-refractivity contribution in [2.75, 3.05) is 6.54 Å². The second-order valence-electron chi connectivity index (χ2n) is 9.39. The molecule has 0 spiro atoms. The van der Waals surface area contributed by atoms with Gasteiger partial charge in [0.1, 0.15) is 18.1 Å². The van der Waals surface area contributed by atoms with Crippen molar-refractivity contribution >= 4 is 29.7 Å². The number of carbonyl (C=O) groups is 5. The highest BCUT2D eigenvalue weighted by atomic mass is 16.4. The van der Waals surface area contributed by atoms with Crippen LogP contribution in [-0.2, 0) is 36.8 Å². The molecule has 0 radical (unpaired) electrons. The van der Waals surface area contributed by atoms with E-state index in [9.17, 15) is 29.1 Å². The molecular formula is C28H37N5O7. The van der Waals surface area contributed by atoms with Crippen molar-refractivity contribution in [2.24, 2.45) is 11.5 Å². The van der Waals surface area contributed by atoms with E-state index in [1.165, 1.54) is 0 Å². The zero-order valence-corrected chi connectivity index (χ0v) is 22.1. The van der Waals surface area contributed by atoms with Crippen molar-refractivity contribution in [3.8, 4) is 0 Å². The summed E-state index contributed by atoms with van der Waals surface area (Å²) in [5.74, 6) is -5.03. The molecule has 2 aromatic carbocycles. The summed E-state index contributed by atoms with van der Waals surface area (Å²) in [7, 11) is 0. The van der Waals surface area contributed by atoms with E-state index in [-0.39, 0.29) is 19.3 Å². The van der Waals surface area contributed by atoms with E-state index in [1.54, 1.807) is 30.3 Å². The van der Waals surface area contributed by atoms with Gasteiger partial charge in [-0.1, -0.05) is 60.7 Å². The van der Waals surface area contributed by atoms with Crippen molar-refractivity contribution in [1.82, 2.24) is 16.0 Å². The normalized spacial score (nSPS) is 13.8. The smallest absolute Gasteiger partial charge is 0.326 e. The molecular weight excluding hydrogens is 518 g/mol. The molecule has 0 bridgehead atoms. The number of benzene rings is 2. The van der Waals surface area contributed by atoms with Crippen LogP contribution >= 0.6 is 0 Å². The number of unbranched alkanes of at least 4 members (excludes halogenated alkanes) is 1. The van der Waals surface area contributed by atoms with Gasteiger partial charge in [-0.25, -0.2) is 4.79 Å². The molecule has 0 aliphatic carbocycles. The van der Waals surface area contributed by atoms with Crippen LogP contribution in [0.2, 0.25) is 0 Å². The Morgan fingerprint density at radius 2 is 1.18 bits per heavy atom. The molecule has 0 saturated carbocycles. The highest BCUT2D eigenvalue weighted by molar-refractivity contribution is 5.94. The average molecular weight is 556 g/mol. The van der Waals surface area contributed by atoms with Crippen molar-refractivity contribution < 1.29 is 34.2 Å². The van der Waals surface area contributed by atoms with Gasteiger partial charge in [0, 0.05) is 6.42 Å². The van der Waals surface area contributed by atoms with Gasteiger partial charge < -0.3 is 37.6 Å². The van der Waals surface area contributed by atoms with Crippen LogP contribution in [-0.4, -0.2) is 70.6 Å². The molecule has 216 valence electrons. The molecule has 4 unspecified atom stereocenters. The lowest BCUT2D eigenvalue weighted by Gasteiger charge is -2.25. The maximum Gasteiger partial charge on any atom is 0.326 e. The van der Waals surface area contributed by atoms with Crippen LogP contribution < -0.4 is 27.4 Å². The number of amides is 3. The molecule has 0 saturated heterocycles. The van der Waals surface area contributed by atoms with Crippen LogP contribution in [0.15, 0.2) is 60.7 Å². The van der Waals surface area contributed by atoms with E-state index >= 15 is 0 Å². The van der Waals surface area contributed by atoms with Crippen molar-refractivity contribution in [1.29, 1.82) is 0 Å². The van der Waals surface area contributed by atoms with Gasteiger partial charge in [0.15, 0.2) is 0 Å². The molecule has 2 rings (SSSR count). The largest absolute Gasteiger partial charge is 0.481 e. The molecule has 0 heterocycles. The van der Waals surface area contributed by atoms with E-state index in [0.29, 0.717) is 24.9 Å². The van der Waals surface area contributed by atoms with Crippen LogP contribution in [0, 0.1) is 0 Å². The van der Waals surface area contributed by atoms with E-state index in [1.807, 2.05) is 30.3 Å². The molecule has 0 aliphatic heterocycles. The number of nitrogens with two attached hydrogens (primary N) is 2. The van der Waals surface area contributed by atoms with E-state index < -0.39 is 60.2 Å². The number of carbonyl (C=O) groups excluding carboxylic acids is 3. The number of nitrogens with one attached hydrogen (secondary N) is 3. The van der Waals surface area contributed by atoms with Gasteiger partial charge in [-0.15, -0.1) is 0 Å². The Balaban J connectivity index is 2.20. The molecule has 0 aromatic heterocycles. The fourth-order valence-electron chi connectivity index (χ4n) is 3.98. The van der Waals surface area contributed by atoms with Gasteiger partial charge in [0.05, 0.1) is 12.5 Å². The molecule has 2 aromatic rings. The van der Waals surface area contributed by atoms with Crippen molar-refractivity contribution in [3.05, 3.63) is 71.8 Å². The molecule has 4 atom stereocenters. The molecule has 3 amide bonds. The van der Waals surface area contributed by atoms with Gasteiger partial charge in [-0.05, 0) is 43.4 Å². The number of carboxylic acid groups (broad SMARTS) is 2. The summed E-state index contributed by atoms with van der Waals surface area (Å²) in [6.07, 6.45) is 0.738. The Kier molecular flexibility index (Phi) is 13.3. The molecule has 9 N–H and O–H groups in total. The van der Waals surface area contributed by atoms with Gasteiger partial charge in [-0.2, -0.15) is 0 Å². The standard InChI is InChI=1S/C28H37N5O7/c29-14-8-7-13-21(31-25(36)20(30)15-18-9-3-1-4-10-18)26(37)32-22(16-19-11-5-2-6-12-19)27(38)33-23(28(39)40)17-24(34)35/h1-6,9-12,20-23H,7-8,13-17,29-30H2,(H,31,36)(H,32,37)(H,33,38)(H,34,35)(H,39,40). The summed E-state index contributed by atoms with van der Waals surface area (Å²) in [6.45, 7) is 0.384. The third kappa shape index (κ3) is 11.2. The fourth-order valence-corrected chi connectivity index (χ4v) is 3.98. The summed E-state index contributed by atoms with van der Waals surface area (Å²) >= 11 is 0. The van der Waals surface area contributed by atoms with Crippen LogP contribution in [0.4, 0.5) is 0 Å². The monoisotopic (exact) mass is 555 g/mol. The predicted octanol–water partition coefficient (Wildman–Crippen LogP) is -0.0582. The summed E-state index contributed by atoms with van der Waals surface area (Å²) in [5, 5.41) is 25.8. The zero-order valence-electron chi connectivity index (χ0n) is 22.1. The summed E-state index contributed by atoms with van der Waals surface area (Å²) in [4.78, 5) is 61.9. The van der Waals surface area contributed by atoms with E-state index in [2.05, 4.69) is 16.0 Å². The first-order valence-electron chi connectivity index (χ1n) is 13.0. The van der Waals surface area contributed by atoms with Gasteiger partial charge in [0.25, 0.3) is 0 Å². The quantitative estimate of drug-likeness (QED) is 0.130. The summed E-state index contributed by atoms with van der Waals surface area (Å²) in [5.41, 5.74) is 13.2. The van der Waals surface area contributed by atoms with Crippen molar-refractivity contribution in [3.63, 3.8) is 0 Å². The number of carboxylic acids is 2. The molecule has 0 fully saturated rings. The Labute approximate surface area is 232 Å². The second kappa shape index (κ2) is 16.6. The lowest BCUT2D eigenvalue weighted by atomic mass is 10.0. The SMILES string of the molecule is NCCCCC(NC(=O)C(N)Cc1ccccc1)C(=O)NC(Cc1ccccc1)C(=O)NC(CC(=O)O)C(=O)O. The number of rotatable bonds is 17. The van der Waals surface area contributed by atoms with Crippen molar-refractivity contribution in [2.45, 2.75) is 62.7 Å². The predicted molar refractivity (Wildman–Crippen MR) is 147 cm³/mol. The average Bonchev–Trinajstić information content (AvgIpc) is 2.92. The van der Waals surface area contributed by atoms with Gasteiger partial charge in [0.2, 0.25) is 17.7 Å². The van der Waals surface area contributed by atoms with Crippen LogP contribution in [0.5, 0.6) is 0 Å². The first-order chi connectivity index (χ1) is 19.1. The zero-order chi connectivity index (χ0) is 29.5. The van der Waals surface area contributed by atoms with Crippen LogP contribution in [0.3, 0.4) is 0 Å². The minimum atomic E-state index is -1.70. The minimum absolute atomic E-state index is 0.00515. The Morgan fingerprint density at radius 3 is 1.70 bits per heavy atom. The maximum absolute atomic E-state index is 13.4. The highest BCUT2D eigenvalue weighted by Crippen LogP contribution is 2.08. The molecule has 12 nitrogen and oxygen atoms in total. The Morgan fingerprint density at radius 1 is 0.675 bits per heavy atom. The molecule has 12 heteroatoms. The first kappa shape index (κ1) is 31.9. The lowest BCUT2D eigenvalue weighted by molar-refractivity contribution is -0.147. The fraction of sp³-hybridized carbons (Fsp3) is 0.393. The van der Waals surface area contributed by atoms with Crippen LogP contribution in [0.25, 0.3) is 0 Å². The number of aliphatic carboxylic acids is 2. The molecule has 40 heavy (non-hydrogen) atoms. The van der Waals surface area contributed by atoms with E-state index in [0.717, 1.165) is 5.56 Å². The summed E-state index contributed by atoms with van der Waals surface area (Å²) < 4.78 is 0. The Bertz CT molecular complexity index is 1130. The number of hydrogen-bond acceptors (Lipinski definition) is 7. The third-order valence-electron chi connectivity index (χ3n) is 6.12. The summed E-state index contributed by atoms with van der Waals surface area (Å²) in [6, 6.07) is 12.9. The topological polar surface area (TPSA) is 214 Å². The van der Waals surface area contributed by atoms with Gasteiger partial charge >= 0.3 is 11.9 Å².